The van der Waals surface area contributed by atoms with Crippen molar-refractivity contribution in [2.75, 3.05) is 12.3 Å². The van der Waals surface area contributed by atoms with E-state index in [9.17, 15) is 9.59 Å². The summed E-state index contributed by atoms with van der Waals surface area (Å²) >= 11 is 0. The minimum absolute atomic E-state index is 0.116. The van der Waals surface area contributed by atoms with Crippen LogP contribution in [0.5, 0.6) is 0 Å². The Morgan fingerprint density at radius 3 is 2.75 bits per heavy atom. The Morgan fingerprint density at radius 2 is 2.31 bits per heavy atom. The van der Waals surface area contributed by atoms with Crippen molar-refractivity contribution in [3.8, 4) is 0 Å². The van der Waals surface area contributed by atoms with E-state index >= 15 is 0 Å². The number of nitrogens with zero attached hydrogens (tertiary/aromatic N) is 2. The highest BCUT2D eigenvalue weighted by Gasteiger charge is 2.18. The largest absolute Gasteiger partial charge is 0.476 e. The normalized spacial score (nSPS) is 11.1. The second-order valence-electron chi connectivity index (χ2n) is 2.56. The molecule has 0 spiro atoms. The highest BCUT2D eigenvalue weighted by Crippen LogP contribution is 2.05. The van der Waals surface area contributed by atoms with Crippen molar-refractivity contribution >= 4 is 23.6 Å². The minimum atomic E-state index is -1.40. The van der Waals surface area contributed by atoms with Crippen molar-refractivity contribution in [2.45, 2.75) is 0 Å². The van der Waals surface area contributed by atoms with E-state index in [-0.39, 0.29) is 11.7 Å². The molecule has 9 nitrogen and oxygen atoms in total. The van der Waals surface area contributed by atoms with Gasteiger partial charge in [0.15, 0.2) is 6.61 Å². The molecular weight excluding hydrogens is 220 g/mol. The maximum atomic E-state index is 10.7. The number of oxime groups is 1. The molecule has 0 radical (unpaired) electrons. The molecule has 1 aromatic heterocycles. The molecule has 16 heavy (non-hydrogen) atoms. The van der Waals surface area contributed by atoms with Crippen LogP contribution in [0.2, 0.25) is 0 Å². The van der Waals surface area contributed by atoms with Crippen molar-refractivity contribution in [2.24, 2.45) is 10.9 Å². The van der Waals surface area contributed by atoms with E-state index in [4.69, 9.17) is 16.6 Å². The van der Waals surface area contributed by atoms with Crippen molar-refractivity contribution in [1.82, 2.24) is 4.98 Å². The average molecular weight is 228 g/mol. The zero-order valence-electron chi connectivity index (χ0n) is 7.91. The number of hydrogen-bond acceptors (Lipinski definition) is 7. The second kappa shape index (κ2) is 4.77. The van der Waals surface area contributed by atoms with Gasteiger partial charge in [0.25, 0.3) is 11.9 Å². The molecule has 1 amide bonds. The number of aliphatic carboxylic acids is 1. The molecule has 1 rings (SSSR count). The lowest BCUT2D eigenvalue weighted by Gasteiger charge is -1.97. The molecule has 0 atom stereocenters. The smallest absolute Gasteiger partial charge is 0.360 e. The summed E-state index contributed by atoms with van der Waals surface area (Å²) in [4.78, 5) is 29.0. The van der Waals surface area contributed by atoms with Gasteiger partial charge >= 0.3 is 5.97 Å². The number of primary amides is 1. The first-order chi connectivity index (χ1) is 7.50. The van der Waals surface area contributed by atoms with Crippen LogP contribution >= 0.6 is 0 Å². The Balaban J connectivity index is 2.83. The summed E-state index contributed by atoms with van der Waals surface area (Å²) in [6.07, 6.45) is 0.996. The molecule has 0 bridgehead atoms. The molecular formula is C7H8N4O5. The third-order valence-corrected chi connectivity index (χ3v) is 1.33. The minimum Gasteiger partial charge on any atom is -0.476 e. The summed E-state index contributed by atoms with van der Waals surface area (Å²) in [5.74, 6) is -2.19. The quantitative estimate of drug-likeness (QED) is 0.411. The lowest BCUT2D eigenvalue weighted by Crippen LogP contribution is -2.19. The Labute approximate surface area is 88.7 Å². The topological polar surface area (TPSA) is 154 Å². The summed E-state index contributed by atoms with van der Waals surface area (Å²) in [7, 11) is 0. The highest BCUT2D eigenvalue weighted by molar-refractivity contribution is 6.41. The lowest BCUT2D eigenvalue weighted by molar-refractivity contribution is -0.130. The van der Waals surface area contributed by atoms with Crippen LogP contribution in [0, 0.1) is 0 Å². The van der Waals surface area contributed by atoms with Crippen molar-refractivity contribution in [3.63, 3.8) is 0 Å². The number of carboxylic acid groups (broad SMARTS) is 1. The number of carbonyl (C=O) groups excluding carboxylic acids is 1. The number of nitrogen functional groups attached to an aromatic ring is 1. The summed E-state index contributed by atoms with van der Waals surface area (Å²) in [6.45, 7) is -0.538. The van der Waals surface area contributed by atoms with E-state index in [2.05, 4.69) is 19.4 Å². The van der Waals surface area contributed by atoms with Gasteiger partial charge in [0, 0.05) is 0 Å². The molecule has 9 heteroatoms. The molecule has 0 aromatic carbocycles. The van der Waals surface area contributed by atoms with E-state index in [1.54, 1.807) is 0 Å². The molecule has 0 saturated carbocycles. The van der Waals surface area contributed by atoms with Gasteiger partial charge in [-0.25, -0.2) is 4.79 Å². The fraction of sp³-hybridized carbons (Fsp3) is 0.143. The highest BCUT2D eigenvalue weighted by atomic mass is 16.6. The number of amides is 1. The number of hydrogen-bond donors (Lipinski definition) is 3. The third-order valence-electron chi connectivity index (χ3n) is 1.33. The van der Waals surface area contributed by atoms with Gasteiger partial charge < -0.3 is 25.8 Å². The number of anilines is 1. The number of aromatic nitrogens is 1. The van der Waals surface area contributed by atoms with E-state index < -0.39 is 24.2 Å². The van der Waals surface area contributed by atoms with Crippen LogP contribution in [0.4, 0.5) is 6.01 Å². The van der Waals surface area contributed by atoms with E-state index in [0.29, 0.717) is 0 Å². The lowest BCUT2D eigenvalue weighted by atomic mass is 10.3. The molecule has 0 aliphatic rings. The SMILES string of the molecule is NC(=O)CO/N=C(/C(=O)O)c1coc(N)n1. The molecule has 0 aliphatic heterocycles. The predicted molar refractivity (Wildman–Crippen MR) is 50.2 cm³/mol. The second-order valence-corrected chi connectivity index (χ2v) is 2.56. The van der Waals surface area contributed by atoms with Crippen molar-refractivity contribution < 1.29 is 24.0 Å². The van der Waals surface area contributed by atoms with E-state index in [1.807, 2.05) is 0 Å². The number of nitrogens with two attached hydrogens (primary N) is 2. The van der Waals surface area contributed by atoms with Gasteiger partial charge in [0.05, 0.1) is 0 Å². The monoisotopic (exact) mass is 228 g/mol. The number of carbonyl (C=O) groups is 2. The number of carboxylic acids is 1. The van der Waals surface area contributed by atoms with Gasteiger partial charge in [0.2, 0.25) is 5.71 Å². The Morgan fingerprint density at radius 1 is 1.62 bits per heavy atom. The predicted octanol–water partition coefficient (Wildman–Crippen LogP) is -1.45. The van der Waals surface area contributed by atoms with E-state index in [0.717, 1.165) is 6.26 Å². The van der Waals surface area contributed by atoms with Crippen molar-refractivity contribution in [3.05, 3.63) is 12.0 Å². The Kier molecular flexibility index (Phi) is 3.43. The van der Waals surface area contributed by atoms with Crippen LogP contribution in [-0.4, -0.2) is 34.3 Å². The molecule has 1 aromatic rings. The van der Waals surface area contributed by atoms with Crippen LogP contribution in [0.25, 0.3) is 0 Å². The molecule has 1 heterocycles. The Hall–Kier alpha value is -2.58. The maximum absolute atomic E-state index is 10.7. The van der Waals surface area contributed by atoms with Gasteiger partial charge in [-0.15, -0.1) is 0 Å². The first kappa shape index (κ1) is 11.5. The van der Waals surface area contributed by atoms with Crippen LogP contribution in [0.15, 0.2) is 15.8 Å². The molecule has 0 saturated heterocycles. The van der Waals surface area contributed by atoms with Gasteiger partial charge in [0.1, 0.15) is 12.0 Å². The fourth-order valence-electron chi connectivity index (χ4n) is 0.752. The first-order valence-electron chi connectivity index (χ1n) is 3.93. The van der Waals surface area contributed by atoms with Crippen LogP contribution in [-0.2, 0) is 14.4 Å². The Bertz CT molecular complexity index is 438. The maximum Gasteiger partial charge on any atom is 0.360 e. The number of rotatable bonds is 5. The fourth-order valence-corrected chi connectivity index (χ4v) is 0.752. The van der Waals surface area contributed by atoms with Crippen molar-refractivity contribution in [1.29, 1.82) is 0 Å². The number of oxazole rings is 1. The van der Waals surface area contributed by atoms with Crippen LogP contribution in [0.3, 0.4) is 0 Å². The van der Waals surface area contributed by atoms with E-state index in [1.165, 1.54) is 0 Å². The van der Waals surface area contributed by atoms with Gasteiger partial charge in [-0.2, -0.15) is 4.98 Å². The summed E-state index contributed by atoms with van der Waals surface area (Å²) in [6, 6.07) is -0.209. The van der Waals surface area contributed by atoms with Crippen LogP contribution < -0.4 is 11.5 Å². The molecule has 0 fully saturated rings. The molecule has 0 unspecified atom stereocenters. The zero-order chi connectivity index (χ0) is 12.1. The molecule has 86 valence electrons. The summed E-state index contributed by atoms with van der Waals surface area (Å²) < 4.78 is 4.60. The first-order valence-corrected chi connectivity index (χ1v) is 3.93. The third kappa shape index (κ3) is 2.97. The summed E-state index contributed by atoms with van der Waals surface area (Å²) in [5.41, 5.74) is 9.26. The zero-order valence-corrected chi connectivity index (χ0v) is 7.91. The van der Waals surface area contributed by atoms with Gasteiger partial charge in [-0.05, 0) is 0 Å². The van der Waals surface area contributed by atoms with Crippen LogP contribution in [0.1, 0.15) is 5.69 Å². The molecule has 0 aliphatic carbocycles. The molecule has 5 N–H and O–H groups in total. The standard InChI is InChI=1S/C7H8N4O5/c8-4(12)2-16-11-5(6(13)14)3-1-15-7(9)10-3/h1H,2H2,(H2,8,12)(H2,9,10)(H,13,14)/b11-5+. The van der Waals surface area contributed by atoms with Gasteiger partial charge in [-0.1, -0.05) is 5.16 Å². The summed E-state index contributed by atoms with van der Waals surface area (Å²) in [5, 5.41) is 11.9. The van der Waals surface area contributed by atoms with Gasteiger partial charge in [-0.3, -0.25) is 4.79 Å². The average Bonchev–Trinajstić information content (AvgIpc) is 2.58.